The summed E-state index contributed by atoms with van der Waals surface area (Å²) < 4.78 is 6.98. The van der Waals surface area contributed by atoms with E-state index in [1.54, 1.807) is 0 Å². The quantitative estimate of drug-likeness (QED) is 0.107. The molecule has 131 heavy (non-hydrogen) atoms. The lowest BCUT2D eigenvalue weighted by molar-refractivity contribution is 1.02. The van der Waals surface area contributed by atoms with Crippen LogP contribution < -0.4 is 0 Å². The maximum atomic E-state index is 5.34. The SMILES string of the molecule is c1ccc(-c2nc(-c3ccccc3)nc(-c3cccc(-n4c5ccc6ccc7cccc8c9cc%10cccnc%10c4c9c5c6c78)c3)n2)cc1.c1ccc(-c2nc(-n3c4ccc5ccc6cccc7c8cc9cccnc9c3c8c4c5c67)nc3ccccc23)cc1.c1ccc(-c2nc3ccccc3nc2-n2c3ccc4ccc5cccc6c7cc8cccnc8c2c7c3c4c56)cc1. The van der Waals surface area contributed by atoms with E-state index in [2.05, 4.69) is 268 Å². The lowest BCUT2D eigenvalue weighted by Crippen LogP contribution is -2.04. The smallest absolute Gasteiger partial charge is 0.235 e. The molecule has 9 heterocycles. The van der Waals surface area contributed by atoms with Gasteiger partial charge in [0.1, 0.15) is 5.69 Å². The second kappa shape index (κ2) is 27.3. The van der Waals surface area contributed by atoms with Gasteiger partial charge in [0.2, 0.25) is 5.95 Å². The third-order valence-corrected chi connectivity index (χ3v) is 27.3. The van der Waals surface area contributed by atoms with Crippen LogP contribution in [0.3, 0.4) is 0 Å². The highest BCUT2D eigenvalue weighted by atomic mass is 15.2. The standard InChI is InChI=1S/C44H25N5.2C37H20N4/c1-3-10-28(11-4-1)42-46-43(29-12-5-2-6-13-29)48-44(47-42)31-15-7-17-32(24-31)49-35-22-21-27-20-19-26-14-8-18-33-34-25-30-16-9-23-45-40(30)41(49)38(34)39(35)37(27)36(26)33;1-2-8-23(9-3-1)35-37(40-28-14-5-4-13-27(28)39-35)41-29-18-17-22-16-15-21-10-6-12-25-26-20-24-11-7-19-38-34(24)36(41)32(26)33(29)31(22)30(21)25;1-2-8-23(9-3-1)34-26-12-4-5-14-28(26)39-37(40-34)41-29-18-17-22-16-15-21-10-6-13-25-27-20-24-11-7-19-38-35(24)36(41)32(27)33(29)31(22)30(21)25/h1-25H;2*1-20H. The van der Waals surface area contributed by atoms with Crippen molar-refractivity contribution in [2.75, 3.05) is 0 Å². The summed E-state index contributed by atoms with van der Waals surface area (Å²) in [5.41, 5.74) is 19.9. The van der Waals surface area contributed by atoms with Gasteiger partial charge in [-0.1, -0.05) is 291 Å². The molecule has 0 saturated heterocycles. The van der Waals surface area contributed by atoms with E-state index >= 15 is 0 Å². The van der Waals surface area contributed by atoms with Crippen molar-refractivity contribution in [3.8, 4) is 74.1 Å². The predicted molar refractivity (Wildman–Crippen MR) is 540 cm³/mol. The van der Waals surface area contributed by atoms with Crippen molar-refractivity contribution in [1.82, 2.24) is 63.5 Å². The second-order valence-corrected chi connectivity index (χ2v) is 34.4. The van der Waals surface area contributed by atoms with Crippen LogP contribution in [0, 0.1) is 0 Å². The first kappa shape index (κ1) is 71.4. The number of fused-ring (bicyclic) bond motifs is 11. The fourth-order valence-corrected chi connectivity index (χ4v) is 21.9. The summed E-state index contributed by atoms with van der Waals surface area (Å²) in [7, 11) is 0. The highest BCUT2D eigenvalue weighted by Crippen LogP contribution is 2.54. The molecule has 9 aromatic heterocycles. The van der Waals surface area contributed by atoms with Gasteiger partial charge < -0.3 is 4.57 Å². The van der Waals surface area contributed by atoms with E-state index in [0.717, 1.165) is 138 Å². The van der Waals surface area contributed by atoms with Gasteiger partial charge in [0.15, 0.2) is 23.3 Å². The van der Waals surface area contributed by atoms with Crippen LogP contribution in [-0.2, 0) is 0 Å². The molecule has 0 aliphatic rings. The van der Waals surface area contributed by atoms with E-state index in [9.17, 15) is 0 Å². The van der Waals surface area contributed by atoms with E-state index in [-0.39, 0.29) is 0 Å². The number of aromatic nitrogens is 13. The van der Waals surface area contributed by atoms with E-state index in [4.69, 9.17) is 49.8 Å². The minimum Gasteiger partial charge on any atom is -0.307 e. The molecule has 0 unspecified atom stereocenters. The fourth-order valence-electron chi connectivity index (χ4n) is 21.9. The summed E-state index contributed by atoms with van der Waals surface area (Å²) in [6.07, 6.45) is 5.68. The maximum Gasteiger partial charge on any atom is 0.235 e. The number of hydrogen-bond donors (Lipinski definition) is 0. The highest BCUT2D eigenvalue weighted by molar-refractivity contribution is 6.46. The Morgan fingerprint density at radius 3 is 1.02 bits per heavy atom. The minimum atomic E-state index is 0.628. The first-order valence-corrected chi connectivity index (χ1v) is 44.3. The van der Waals surface area contributed by atoms with Crippen molar-refractivity contribution in [2.24, 2.45) is 0 Å². The topological polar surface area (TPSA) is 144 Å². The van der Waals surface area contributed by atoms with Gasteiger partial charge in [-0.2, -0.15) is 0 Å². The van der Waals surface area contributed by atoms with Gasteiger partial charge in [-0.25, -0.2) is 34.9 Å². The van der Waals surface area contributed by atoms with Crippen LogP contribution in [0.1, 0.15) is 0 Å². The number of nitrogens with zero attached hydrogens (tertiary/aromatic N) is 13. The van der Waals surface area contributed by atoms with Crippen LogP contribution in [0.2, 0.25) is 0 Å². The van der Waals surface area contributed by atoms with Crippen LogP contribution in [0.15, 0.2) is 395 Å². The van der Waals surface area contributed by atoms with Crippen LogP contribution in [-0.4, -0.2) is 63.5 Å². The fraction of sp³-hybridized carbons (Fsp3) is 0. The Balaban J connectivity index is 0.0000000970. The molecule has 602 valence electrons. The Morgan fingerprint density at radius 1 is 0.183 bits per heavy atom. The van der Waals surface area contributed by atoms with Crippen molar-refractivity contribution in [3.05, 3.63) is 395 Å². The molecule has 0 spiro atoms. The molecule has 0 amide bonds. The molecular weight excluding hydrogens is 1600 g/mol. The van der Waals surface area contributed by atoms with E-state index in [0.29, 0.717) is 23.4 Å². The van der Waals surface area contributed by atoms with Gasteiger partial charge in [0.05, 0.1) is 71.9 Å². The molecule has 0 saturated carbocycles. The summed E-state index contributed by atoms with van der Waals surface area (Å²) in [6.45, 7) is 0. The summed E-state index contributed by atoms with van der Waals surface area (Å²) in [6, 6.07) is 133. The Hall–Kier alpha value is -17.9. The molecule has 31 aromatic rings. The Bertz CT molecular complexity index is 10100. The first-order valence-electron chi connectivity index (χ1n) is 44.3. The third-order valence-electron chi connectivity index (χ3n) is 27.3. The van der Waals surface area contributed by atoms with Gasteiger partial charge in [0.25, 0.3) is 0 Å². The molecule has 31 rings (SSSR count). The molecule has 0 fully saturated rings. The van der Waals surface area contributed by atoms with E-state index < -0.39 is 0 Å². The Labute approximate surface area is 744 Å². The molecule has 0 radical (unpaired) electrons. The van der Waals surface area contributed by atoms with Gasteiger partial charge in [-0.15, -0.1) is 0 Å². The van der Waals surface area contributed by atoms with Crippen LogP contribution in [0.5, 0.6) is 0 Å². The monoisotopic (exact) mass is 1660 g/mol. The third kappa shape index (κ3) is 10.3. The molecule has 0 aliphatic carbocycles. The summed E-state index contributed by atoms with van der Waals surface area (Å²) in [4.78, 5) is 51.0. The molecule has 0 bridgehead atoms. The zero-order valence-electron chi connectivity index (χ0n) is 69.8. The number of hydrogen-bond acceptors (Lipinski definition) is 10. The normalized spacial score (nSPS) is 12.3. The van der Waals surface area contributed by atoms with Crippen molar-refractivity contribution in [3.63, 3.8) is 0 Å². The Kier molecular flexibility index (Phi) is 14.9. The predicted octanol–water partition coefficient (Wildman–Crippen LogP) is 29.4. The largest absolute Gasteiger partial charge is 0.307 e. The molecule has 0 N–H and O–H groups in total. The lowest BCUT2D eigenvalue weighted by atomic mass is 9.89. The van der Waals surface area contributed by atoms with Crippen molar-refractivity contribution in [2.45, 2.75) is 0 Å². The van der Waals surface area contributed by atoms with Crippen LogP contribution in [0.25, 0.3) is 291 Å². The number of para-hydroxylation sites is 3. The Morgan fingerprint density at radius 2 is 0.534 bits per heavy atom. The lowest BCUT2D eigenvalue weighted by Gasteiger charge is -2.14. The van der Waals surface area contributed by atoms with E-state index in [1.807, 2.05) is 140 Å². The average molecular weight is 1660 g/mol. The number of pyridine rings is 3. The second-order valence-electron chi connectivity index (χ2n) is 34.4. The van der Waals surface area contributed by atoms with Crippen molar-refractivity contribution < 1.29 is 0 Å². The highest BCUT2D eigenvalue weighted by Gasteiger charge is 2.32. The molecule has 0 atom stereocenters. The zero-order valence-corrected chi connectivity index (χ0v) is 69.8. The molecule has 13 heteroatoms. The van der Waals surface area contributed by atoms with E-state index in [1.165, 1.54) is 129 Å². The number of benzene rings is 22. The summed E-state index contributed by atoms with van der Waals surface area (Å²) in [5.74, 6) is 3.39. The molecule has 13 nitrogen and oxygen atoms in total. The summed E-state index contributed by atoms with van der Waals surface area (Å²) >= 11 is 0. The minimum absolute atomic E-state index is 0.628. The first-order chi connectivity index (χ1) is 65.0. The molecule has 0 aliphatic heterocycles. The van der Waals surface area contributed by atoms with Gasteiger partial charge in [0, 0.05) is 122 Å². The van der Waals surface area contributed by atoms with Crippen LogP contribution >= 0.6 is 0 Å². The van der Waals surface area contributed by atoms with Gasteiger partial charge in [-0.3, -0.25) is 24.1 Å². The maximum absolute atomic E-state index is 5.34. The average Bonchev–Trinajstić information content (AvgIpc) is 1.53. The summed E-state index contributed by atoms with van der Waals surface area (Å²) in [5, 5.41) is 34.8. The molecular formula is C118H65N13. The van der Waals surface area contributed by atoms with Gasteiger partial charge in [-0.05, 0) is 166 Å². The number of rotatable bonds is 8. The van der Waals surface area contributed by atoms with Crippen molar-refractivity contribution in [1.29, 1.82) is 0 Å². The molecule has 22 aromatic carbocycles. The zero-order chi connectivity index (χ0) is 85.4. The van der Waals surface area contributed by atoms with Gasteiger partial charge >= 0.3 is 0 Å². The van der Waals surface area contributed by atoms with Crippen LogP contribution in [0.4, 0.5) is 0 Å². The van der Waals surface area contributed by atoms with Crippen molar-refractivity contribution >= 4 is 217 Å².